The maximum absolute atomic E-state index is 12.5. The molecule has 2 aromatic heterocycles. The Labute approximate surface area is 164 Å². The van der Waals surface area contributed by atoms with Gasteiger partial charge in [-0.15, -0.1) is 11.3 Å². The lowest BCUT2D eigenvalue weighted by molar-refractivity contribution is 0.0531. The molecular weight excluding hydrogens is 388 g/mol. The van der Waals surface area contributed by atoms with Crippen LogP contribution in [0.25, 0.3) is 21.3 Å². The second kappa shape index (κ2) is 7.94. The number of fused-ring (bicyclic) bond motifs is 1. The summed E-state index contributed by atoms with van der Waals surface area (Å²) in [4.78, 5) is 32.5. The lowest BCUT2D eigenvalue weighted by Gasteiger charge is -2.02. The maximum atomic E-state index is 12.5. The number of aromatic amines is 1. The lowest BCUT2D eigenvalue weighted by atomic mass is 10.2. The van der Waals surface area contributed by atoms with Gasteiger partial charge in [0.05, 0.1) is 24.1 Å². The molecule has 0 aliphatic heterocycles. The number of halogens is 1. The third-order valence-corrected chi connectivity index (χ3v) is 5.33. The van der Waals surface area contributed by atoms with E-state index in [4.69, 9.17) is 21.1 Å². The first-order chi connectivity index (χ1) is 12.9. The second-order valence-corrected chi connectivity index (χ2v) is 7.05. The van der Waals surface area contributed by atoms with Gasteiger partial charge in [-0.1, -0.05) is 23.7 Å². The summed E-state index contributed by atoms with van der Waals surface area (Å²) >= 11 is 7.49. The fourth-order valence-electron chi connectivity index (χ4n) is 2.59. The number of rotatable bonds is 5. The third-order valence-electron chi connectivity index (χ3n) is 3.87. The first kappa shape index (κ1) is 19.1. The first-order valence-electron chi connectivity index (χ1n) is 8.16. The molecular formula is C19H17ClN2O4S. The normalized spacial score (nSPS) is 11.6. The van der Waals surface area contributed by atoms with Crippen LogP contribution < -0.4 is 10.3 Å². The number of thiophene rings is 1. The smallest absolute Gasteiger partial charge is 0.348 e. The van der Waals surface area contributed by atoms with Gasteiger partial charge >= 0.3 is 5.97 Å². The van der Waals surface area contributed by atoms with Crippen LogP contribution in [-0.2, 0) is 4.74 Å². The molecule has 3 aromatic rings. The minimum absolute atomic E-state index is 0.230. The molecule has 0 aliphatic carbocycles. The Morgan fingerprint density at radius 2 is 2.19 bits per heavy atom. The Morgan fingerprint density at radius 1 is 1.41 bits per heavy atom. The monoisotopic (exact) mass is 404 g/mol. The van der Waals surface area contributed by atoms with Gasteiger partial charge in [-0.25, -0.2) is 9.78 Å². The highest BCUT2D eigenvalue weighted by atomic mass is 35.5. The first-order valence-corrected chi connectivity index (χ1v) is 9.36. The molecule has 0 amide bonds. The Hall–Kier alpha value is -2.64. The molecule has 0 radical (unpaired) electrons. The molecule has 0 saturated heterocycles. The molecule has 1 N–H and O–H groups in total. The van der Waals surface area contributed by atoms with Crippen molar-refractivity contribution in [1.82, 2.24) is 9.97 Å². The van der Waals surface area contributed by atoms with Crippen molar-refractivity contribution in [3.8, 4) is 5.75 Å². The van der Waals surface area contributed by atoms with E-state index in [1.165, 1.54) is 0 Å². The fraction of sp³-hybridized carbons (Fsp3) is 0.211. The van der Waals surface area contributed by atoms with Gasteiger partial charge in [-0.3, -0.25) is 4.79 Å². The summed E-state index contributed by atoms with van der Waals surface area (Å²) in [6, 6.07) is 7.33. The highest BCUT2D eigenvalue weighted by Crippen LogP contribution is 2.29. The molecule has 0 aliphatic rings. The van der Waals surface area contributed by atoms with Crippen LogP contribution in [0, 0.1) is 6.92 Å². The molecule has 0 spiro atoms. The molecule has 140 valence electrons. The van der Waals surface area contributed by atoms with Gasteiger partial charge in [-0.2, -0.15) is 0 Å². The van der Waals surface area contributed by atoms with Crippen LogP contribution in [0.1, 0.15) is 33.5 Å². The van der Waals surface area contributed by atoms with Crippen molar-refractivity contribution in [3.05, 3.63) is 56.4 Å². The number of aryl methyl sites for hydroxylation is 1. The second-order valence-electron chi connectivity index (χ2n) is 5.64. The summed E-state index contributed by atoms with van der Waals surface area (Å²) in [6.45, 7) is 3.69. The number of hydrogen-bond acceptors (Lipinski definition) is 6. The average Bonchev–Trinajstić information content (AvgIpc) is 2.99. The number of hydrogen-bond donors (Lipinski definition) is 1. The van der Waals surface area contributed by atoms with E-state index >= 15 is 0 Å². The Balaban J connectivity index is 2.06. The SMILES string of the molecule is CCOC(=O)c1sc2nc(/C(Cl)=C/c3cccc(OC)c3)[nH]c(=O)c2c1C. The number of esters is 1. The van der Waals surface area contributed by atoms with Crippen LogP contribution >= 0.6 is 22.9 Å². The number of aromatic nitrogens is 2. The lowest BCUT2D eigenvalue weighted by Crippen LogP contribution is -2.10. The molecule has 2 heterocycles. The van der Waals surface area contributed by atoms with E-state index in [0.717, 1.165) is 16.9 Å². The van der Waals surface area contributed by atoms with Crippen LogP contribution in [0.3, 0.4) is 0 Å². The van der Waals surface area contributed by atoms with Gasteiger partial charge in [0, 0.05) is 0 Å². The van der Waals surface area contributed by atoms with E-state index in [1.807, 2.05) is 24.3 Å². The van der Waals surface area contributed by atoms with Crippen molar-refractivity contribution in [2.45, 2.75) is 13.8 Å². The van der Waals surface area contributed by atoms with E-state index in [2.05, 4.69) is 9.97 Å². The molecule has 27 heavy (non-hydrogen) atoms. The Morgan fingerprint density at radius 3 is 2.89 bits per heavy atom. The molecule has 8 heteroatoms. The predicted octanol–water partition coefficient (Wildman–Crippen LogP) is 4.22. The average molecular weight is 405 g/mol. The number of carbonyl (C=O) groups excluding carboxylic acids is 1. The zero-order chi connectivity index (χ0) is 19.6. The van der Waals surface area contributed by atoms with Crippen LogP contribution in [-0.4, -0.2) is 29.7 Å². The quantitative estimate of drug-likeness (QED) is 0.644. The van der Waals surface area contributed by atoms with Crippen molar-refractivity contribution >= 4 is 50.2 Å². The highest BCUT2D eigenvalue weighted by molar-refractivity contribution is 7.20. The van der Waals surface area contributed by atoms with E-state index in [0.29, 0.717) is 26.4 Å². The summed E-state index contributed by atoms with van der Waals surface area (Å²) < 4.78 is 10.2. The number of carbonyl (C=O) groups is 1. The number of ether oxygens (including phenoxy) is 2. The highest BCUT2D eigenvalue weighted by Gasteiger charge is 2.20. The van der Waals surface area contributed by atoms with Crippen LogP contribution in [0.2, 0.25) is 0 Å². The van der Waals surface area contributed by atoms with Gasteiger partial charge in [0.15, 0.2) is 5.82 Å². The van der Waals surface area contributed by atoms with Gasteiger partial charge in [-0.05, 0) is 43.2 Å². The zero-order valence-corrected chi connectivity index (χ0v) is 16.5. The standard InChI is InChI=1S/C19H17ClN2O4S/c1-4-26-19(24)15-10(2)14-17(23)21-16(22-18(14)27-15)13(20)9-11-6-5-7-12(8-11)25-3/h5-9H,4H2,1-3H3,(H,21,22,23)/b13-9-. The van der Waals surface area contributed by atoms with Crippen LogP contribution in [0.4, 0.5) is 0 Å². The van der Waals surface area contributed by atoms with E-state index in [-0.39, 0.29) is 23.0 Å². The topological polar surface area (TPSA) is 81.3 Å². The molecule has 3 rings (SSSR count). The van der Waals surface area contributed by atoms with Gasteiger partial charge in [0.2, 0.25) is 0 Å². The van der Waals surface area contributed by atoms with Gasteiger partial charge < -0.3 is 14.5 Å². The van der Waals surface area contributed by atoms with E-state index in [1.54, 1.807) is 27.0 Å². The summed E-state index contributed by atoms with van der Waals surface area (Å²) in [5.41, 5.74) is 1.01. The molecule has 0 saturated carbocycles. The fourth-order valence-corrected chi connectivity index (χ4v) is 3.89. The molecule has 0 atom stereocenters. The molecule has 0 unspecified atom stereocenters. The minimum Gasteiger partial charge on any atom is -0.497 e. The van der Waals surface area contributed by atoms with Crippen molar-refractivity contribution < 1.29 is 14.3 Å². The van der Waals surface area contributed by atoms with E-state index < -0.39 is 5.97 Å². The zero-order valence-electron chi connectivity index (χ0n) is 15.0. The van der Waals surface area contributed by atoms with Crippen molar-refractivity contribution in [1.29, 1.82) is 0 Å². The van der Waals surface area contributed by atoms with Gasteiger partial charge in [0.1, 0.15) is 15.5 Å². The third kappa shape index (κ3) is 3.89. The van der Waals surface area contributed by atoms with Crippen molar-refractivity contribution in [3.63, 3.8) is 0 Å². The number of benzene rings is 1. The minimum atomic E-state index is -0.461. The summed E-state index contributed by atoms with van der Waals surface area (Å²) in [5.74, 6) is 0.462. The molecule has 0 fully saturated rings. The molecule has 0 bridgehead atoms. The van der Waals surface area contributed by atoms with Gasteiger partial charge in [0.25, 0.3) is 5.56 Å². The number of nitrogens with one attached hydrogen (secondary N) is 1. The summed E-state index contributed by atoms with van der Waals surface area (Å²) in [6.07, 6.45) is 1.68. The Bertz CT molecular complexity index is 1100. The van der Waals surface area contributed by atoms with Crippen LogP contribution in [0.15, 0.2) is 29.1 Å². The van der Waals surface area contributed by atoms with Crippen molar-refractivity contribution in [2.24, 2.45) is 0 Å². The van der Waals surface area contributed by atoms with Crippen LogP contribution in [0.5, 0.6) is 5.75 Å². The van der Waals surface area contributed by atoms with Crippen molar-refractivity contribution in [2.75, 3.05) is 13.7 Å². The number of nitrogens with zero attached hydrogens (tertiary/aromatic N) is 1. The maximum Gasteiger partial charge on any atom is 0.348 e. The van der Waals surface area contributed by atoms with E-state index in [9.17, 15) is 9.59 Å². The number of methoxy groups -OCH3 is 1. The predicted molar refractivity (Wildman–Crippen MR) is 108 cm³/mol. The molecule has 6 nitrogen and oxygen atoms in total. The Kier molecular flexibility index (Phi) is 5.62. The summed E-state index contributed by atoms with van der Waals surface area (Å²) in [5, 5.41) is 0.642. The largest absolute Gasteiger partial charge is 0.497 e. The molecule has 1 aromatic carbocycles. The summed E-state index contributed by atoms with van der Waals surface area (Å²) in [7, 11) is 1.58. The number of H-pyrrole nitrogens is 1.